The highest BCUT2D eigenvalue weighted by atomic mass is 19.1. The number of aromatic nitrogens is 3. The van der Waals surface area contributed by atoms with Crippen LogP contribution in [0, 0.1) is 11.7 Å². The van der Waals surface area contributed by atoms with E-state index in [0.29, 0.717) is 12.1 Å². The first-order chi connectivity index (χ1) is 17.5. The van der Waals surface area contributed by atoms with Crippen molar-refractivity contribution in [3.63, 3.8) is 0 Å². The highest BCUT2D eigenvalue weighted by molar-refractivity contribution is 5.98. The first kappa shape index (κ1) is 26.7. The molecule has 4 N–H and O–H groups in total. The number of aliphatic hydroxyl groups is 1. The summed E-state index contributed by atoms with van der Waals surface area (Å²) in [4.78, 5) is 40.7. The molecular weight excluding hydrogens is 479 g/mol. The van der Waals surface area contributed by atoms with Crippen LogP contribution in [0.1, 0.15) is 80.9 Å². The zero-order chi connectivity index (χ0) is 26.7. The van der Waals surface area contributed by atoms with Gasteiger partial charge in [-0.3, -0.25) is 14.4 Å². The van der Waals surface area contributed by atoms with E-state index in [2.05, 4.69) is 15.6 Å². The van der Waals surface area contributed by atoms with E-state index in [4.69, 9.17) is 5.73 Å². The molecule has 0 radical (unpaired) electrons. The average molecular weight is 515 g/mol. The summed E-state index contributed by atoms with van der Waals surface area (Å²) in [5, 5.41) is 21.4. The van der Waals surface area contributed by atoms with Crippen molar-refractivity contribution in [3.8, 4) is 0 Å². The van der Waals surface area contributed by atoms with Crippen molar-refractivity contribution < 1.29 is 23.9 Å². The van der Waals surface area contributed by atoms with Gasteiger partial charge in [0.1, 0.15) is 23.5 Å². The largest absolute Gasteiger partial charge is 0.384 e. The Bertz CT molecular complexity index is 1120. The minimum absolute atomic E-state index is 0.131. The molecular formula is C26H35FN6O4. The summed E-state index contributed by atoms with van der Waals surface area (Å²) in [5.41, 5.74) is 5.18. The molecule has 2 aliphatic rings. The average Bonchev–Trinajstić information content (AvgIpc) is 3.52. The number of nitrogens with one attached hydrogen (secondary N) is 1. The summed E-state index contributed by atoms with van der Waals surface area (Å²) in [5.74, 6) is -1.73. The second-order valence-corrected chi connectivity index (χ2v) is 10.7. The number of hydrogen-bond acceptors (Lipinski definition) is 6. The van der Waals surface area contributed by atoms with Gasteiger partial charge in [0.05, 0.1) is 17.9 Å². The Kier molecular flexibility index (Phi) is 7.91. The van der Waals surface area contributed by atoms with E-state index >= 15 is 0 Å². The van der Waals surface area contributed by atoms with Gasteiger partial charge in [-0.15, -0.1) is 5.10 Å². The number of nitrogens with two attached hydrogens (primary N) is 1. The third-order valence-electron chi connectivity index (χ3n) is 7.44. The van der Waals surface area contributed by atoms with Gasteiger partial charge in [-0.1, -0.05) is 37.3 Å². The lowest BCUT2D eigenvalue weighted by atomic mass is 9.84. The predicted octanol–water partition coefficient (Wildman–Crippen LogP) is 2.04. The first-order valence-corrected chi connectivity index (χ1v) is 12.8. The van der Waals surface area contributed by atoms with Crippen LogP contribution < -0.4 is 11.1 Å². The standard InChI is InChI=1S/C26H35FN6O4/c1-26(2,37)22-14-29-31-33(22)19-13-21(23(28)34)32(15-19)25(36)20(12-16-6-4-3-5-7-16)30-24(35)17-8-10-18(27)11-9-17/h8-11,14,16,19-21,37H,3-7,12-13,15H2,1-2H3,(H2,28,34)(H,30,35)/t19?,20-,21?/m1/s1. The SMILES string of the molecule is CC(C)(O)c1cnnn1C1CC(C(N)=O)N(C(=O)[C@@H](CC2CCCCC2)NC(=O)c2ccc(F)cc2)C1. The van der Waals surface area contributed by atoms with E-state index in [-0.39, 0.29) is 24.4 Å². The molecule has 1 saturated carbocycles. The van der Waals surface area contributed by atoms with E-state index in [9.17, 15) is 23.9 Å². The number of likely N-dealkylation sites (tertiary alicyclic amines) is 1. The second kappa shape index (κ2) is 11.0. The number of rotatable bonds is 8. The highest BCUT2D eigenvalue weighted by Gasteiger charge is 2.44. The predicted molar refractivity (Wildman–Crippen MR) is 132 cm³/mol. The summed E-state index contributed by atoms with van der Waals surface area (Å²) in [6, 6.07) is 2.94. The minimum atomic E-state index is -1.23. The van der Waals surface area contributed by atoms with Crippen LogP contribution >= 0.6 is 0 Å². The van der Waals surface area contributed by atoms with E-state index < -0.39 is 47.3 Å². The van der Waals surface area contributed by atoms with Crippen LogP contribution in [0.5, 0.6) is 0 Å². The summed E-state index contributed by atoms with van der Waals surface area (Å²) < 4.78 is 14.9. The zero-order valence-electron chi connectivity index (χ0n) is 21.3. The fourth-order valence-corrected chi connectivity index (χ4v) is 5.48. The van der Waals surface area contributed by atoms with Gasteiger partial charge in [0.25, 0.3) is 5.91 Å². The lowest BCUT2D eigenvalue weighted by Crippen LogP contribution is -2.53. The third-order valence-corrected chi connectivity index (χ3v) is 7.44. The number of halogens is 1. The number of hydrogen-bond donors (Lipinski definition) is 3. The quantitative estimate of drug-likeness (QED) is 0.492. The maximum absolute atomic E-state index is 13.9. The molecule has 3 atom stereocenters. The van der Waals surface area contributed by atoms with Crippen molar-refractivity contribution >= 4 is 17.7 Å². The summed E-state index contributed by atoms with van der Waals surface area (Å²) in [7, 11) is 0. The van der Waals surface area contributed by atoms with Crippen molar-refractivity contribution in [1.29, 1.82) is 0 Å². The zero-order valence-corrected chi connectivity index (χ0v) is 21.3. The fraction of sp³-hybridized carbons (Fsp3) is 0.577. The minimum Gasteiger partial charge on any atom is -0.384 e. The van der Waals surface area contributed by atoms with Crippen LogP contribution in [0.2, 0.25) is 0 Å². The van der Waals surface area contributed by atoms with Crippen LogP contribution in [-0.2, 0) is 15.2 Å². The Hall–Kier alpha value is -3.34. The van der Waals surface area contributed by atoms with Crippen molar-refractivity contribution in [2.24, 2.45) is 11.7 Å². The molecule has 1 aliphatic heterocycles. The highest BCUT2D eigenvalue weighted by Crippen LogP contribution is 2.33. The smallest absolute Gasteiger partial charge is 0.251 e. The molecule has 2 aromatic rings. The van der Waals surface area contributed by atoms with Crippen LogP contribution in [0.25, 0.3) is 0 Å². The van der Waals surface area contributed by atoms with Gasteiger partial charge in [-0.2, -0.15) is 0 Å². The van der Waals surface area contributed by atoms with Crippen LogP contribution in [0.15, 0.2) is 30.5 Å². The molecule has 200 valence electrons. The van der Waals surface area contributed by atoms with Crippen LogP contribution in [0.4, 0.5) is 4.39 Å². The maximum Gasteiger partial charge on any atom is 0.251 e. The molecule has 1 saturated heterocycles. The lowest BCUT2D eigenvalue weighted by molar-refractivity contribution is -0.139. The Morgan fingerprint density at radius 3 is 2.49 bits per heavy atom. The Morgan fingerprint density at radius 1 is 1.19 bits per heavy atom. The maximum atomic E-state index is 13.9. The van der Waals surface area contributed by atoms with Crippen LogP contribution in [-0.4, -0.2) is 61.4 Å². The molecule has 0 bridgehead atoms. The Labute approximate surface area is 215 Å². The molecule has 1 aromatic heterocycles. The van der Waals surface area contributed by atoms with Gasteiger partial charge in [-0.25, -0.2) is 9.07 Å². The van der Waals surface area contributed by atoms with E-state index in [1.54, 1.807) is 13.8 Å². The van der Waals surface area contributed by atoms with Gasteiger partial charge in [-0.05, 0) is 50.5 Å². The van der Waals surface area contributed by atoms with Gasteiger partial charge in [0.15, 0.2) is 0 Å². The second-order valence-electron chi connectivity index (χ2n) is 10.7. The normalized spacial score (nSPS) is 21.6. The Balaban J connectivity index is 1.58. The van der Waals surface area contributed by atoms with E-state index in [0.717, 1.165) is 32.1 Å². The molecule has 1 aromatic carbocycles. The van der Waals surface area contributed by atoms with Crippen molar-refractivity contribution in [3.05, 3.63) is 47.5 Å². The molecule has 4 rings (SSSR count). The van der Waals surface area contributed by atoms with Gasteiger partial charge in [0.2, 0.25) is 11.8 Å². The van der Waals surface area contributed by atoms with Crippen LogP contribution in [0.3, 0.4) is 0 Å². The summed E-state index contributed by atoms with van der Waals surface area (Å²) in [6.45, 7) is 3.35. The molecule has 2 heterocycles. The third kappa shape index (κ3) is 6.15. The van der Waals surface area contributed by atoms with Crippen molar-refractivity contribution in [2.45, 2.75) is 82.5 Å². The number of amides is 3. The van der Waals surface area contributed by atoms with Gasteiger partial charge in [0, 0.05) is 18.5 Å². The molecule has 3 amide bonds. The number of carbonyl (C=O) groups is 3. The summed E-state index contributed by atoms with van der Waals surface area (Å²) in [6.07, 6.45) is 7.33. The molecule has 2 unspecified atom stereocenters. The monoisotopic (exact) mass is 514 g/mol. The van der Waals surface area contributed by atoms with E-state index in [1.807, 2.05) is 0 Å². The van der Waals surface area contributed by atoms with Gasteiger partial charge >= 0.3 is 0 Å². The molecule has 10 nitrogen and oxygen atoms in total. The molecule has 37 heavy (non-hydrogen) atoms. The summed E-state index contributed by atoms with van der Waals surface area (Å²) >= 11 is 0. The Morgan fingerprint density at radius 2 is 1.86 bits per heavy atom. The van der Waals surface area contributed by atoms with Crippen molar-refractivity contribution in [1.82, 2.24) is 25.2 Å². The number of benzene rings is 1. The first-order valence-electron chi connectivity index (χ1n) is 12.8. The van der Waals surface area contributed by atoms with Crippen molar-refractivity contribution in [2.75, 3.05) is 6.54 Å². The van der Waals surface area contributed by atoms with Gasteiger partial charge < -0.3 is 21.1 Å². The molecule has 11 heteroatoms. The molecule has 1 aliphatic carbocycles. The topological polar surface area (TPSA) is 143 Å². The molecule has 0 spiro atoms. The number of primary amides is 1. The van der Waals surface area contributed by atoms with E-state index in [1.165, 1.54) is 40.0 Å². The number of carbonyl (C=O) groups excluding carboxylic acids is 3. The number of nitrogens with zero attached hydrogens (tertiary/aromatic N) is 4. The fourth-order valence-electron chi connectivity index (χ4n) is 5.48. The lowest BCUT2D eigenvalue weighted by Gasteiger charge is -2.31. The molecule has 2 fully saturated rings.